The first-order chi connectivity index (χ1) is 21.7. The normalized spacial score (nSPS) is 17.1. The largest absolute Gasteiger partial charge is 0.466 e. The lowest BCUT2D eigenvalue weighted by Gasteiger charge is -2.37. The Morgan fingerprint density at radius 3 is 2.42 bits per heavy atom. The van der Waals surface area contributed by atoms with Crippen molar-refractivity contribution in [1.82, 2.24) is 26.2 Å². The summed E-state index contributed by atoms with van der Waals surface area (Å²) in [5, 5.41) is 14.0. The van der Waals surface area contributed by atoms with Crippen LogP contribution in [0.25, 0.3) is 0 Å². The lowest BCUT2D eigenvalue weighted by molar-refractivity contribution is -0.137. The van der Waals surface area contributed by atoms with E-state index in [1.54, 1.807) is 7.05 Å². The third-order valence-electron chi connectivity index (χ3n) is 7.55. The molecule has 0 aliphatic carbocycles. The fraction of sp³-hybridized carbons (Fsp3) is 0.400. The molecule has 45 heavy (non-hydrogen) atoms. The predicted octanol–water partition coefficient (Wildman–Crippen LogP) is 2.82. The molecule has 1 atom stereocenters. The number of carbonyl (C=O) groups is 4. The zero-order chi connectivity index (χ0) is 32.5. The standard InChI is InChI=1S/C30H37F2N7O6/c1-33-28(41)36-22-6-4-5-7-24(22)38-14-10-19(11-15-38)34-12-13-35-29(42)39-26(18-8-9-20(31)21(32)16-18)25(27(40)45-3)23(17-44-2)37-30(39)43/h4-9,16,19,26,34H,10-15,17H2,1-3H3,(H,35,42)(H,37,43)(H2,33,36,41). The van der Waals surface area contributed by atoms with Crippen molar-refractivity contribution in [1.29, 1.82) is 0 Å². The third-order valence-corrected chi connectivity index (χ3v) is 7.55. The van der Waals surface area contributed by atoms with Crippen molar-refractivity contribution in [3.05, 3.63) is 70.9 Å². The molecule has 2 aromatic carbocycles. The molecule has 4 rings (SSSR count). The zero-order valence-corrected chi connectivity index (χ0v) is 25.2. The number of methoxy groups -OCH3 is 2. The van der Waals surface area contributed by atoms with Gasteiger partial charge in [0.15, 0.2) is 11.6 Å². The first kappa shape index (κ1) is 33.1. The number of amides is 6. The Bertz CT molecular complexity index is 1450. The molecule has 0 radical (unpaired) electrons. The number of piperidine rings is 1. The molecule has 1 unspecified atom stereocenters. The monoisotopic (exact) mass is 629 g/mol. The van der Waals surface area contributed by atoms with E-state index in [2.05, 4.69) is 31.5 Å². The first-order valence-corrected chi connectivity index (χ1v) is 14.4. The molecule has 0 spiro atoms. The number of rotatable bonds is 10. The fourth-order valence-electron chi connectivity index (χ4n) is 5.37. The van der Waals surface area contributed by atoms with Crippen LogP contribution >= 0.6 is 0 Å². The number of para-hydroxylation sites is 2. The minimum Gasteiger partial charge on any atom is -0.466 e. The summed E-state index contributed by atoms with van der Waals surface area (Å²) >= 11 is 0. The van der Waals surface area contributed by atoms with Crippen LogP contribution in [0.2, 0.25) is 0 Å². The molecule has 15 heteroatoms. The van der Waals surface area contributed by atoms with Crippen molar-refractivity contribution in [3.63, 3.8) is 0 Å². The molecule has 2 heterocycles. The van der Waals surface area contributed by atoms with Gasteiger partial charge in [-0.05, 0) is 42.7 Å². The minimum absolute atomic E-state index is 0.00937. The summed E-state index contributed by atoms with van der Waals surface area (Å²) in [7, 11) is 4.03. The quantitative estimate of drug-likeness (QED) is 0.199. The Morgan fingerprint density at radius 1 is 1.02 bits per heavy atom. The number of imide groups is 1. The number of nitrogens with one attached hydrogen (secondary N) is 5. The van der Waals surface area contributed by atoms with E-state index in [4.69, 9.17) is 9.47 Å². The summed E-state index contributed by atoms with van der Waals surface area (Å²) < 4.78 is 38.0. The van der Waals surface area contributed by atoms with Gasteiger partial charge in [0.1, 0.15) is 6.04 Å². The SMILES string of the molecule is CNC(=O)Nc1ccccc1N1CCC(NCCNC(=O)N2C(=O)NC(COC)=C(C(=O)OC)C2c2ccc(F)c(F)c2)CC1. The molecule has 2 aliphatic rings. The summed E-state index contributed by atoms with van der Waals surface area (Å²) in [5.74, 6) is -3.22. The Kier molecular flexibility index (Phi) is 11.3. The lowest BCUT2D eigenvalue weighted by atomic mass is 9.93. The van der Waals surface area contributed by atoms with Gasteiger partial charge < -0.3 is 41.0 Å². The third kappa shape index (κ3) is 7.85. The second-order valence-electron chi connectivity index (χ2n) is 10.4. The van der Waals surface area contributed by atoms with E-state index in [9.17, 15) is 28.0 Å². The van der Waals surface area contributed by atoms with Crippen molar-refractivity contribution in [2.75, 3.05) is 64.3 Å². The van der Waals surface area contributed by atoms with Gasteiger partial charge >= 0.3 is 24.1 Å². The van der Waals surface area contributed by atoms with E-state index in [0.29, 0.717) is 12.2 Å². The Morgan fingerprint density at radius 2 is 1.76 bits per heavy atom. The van der Waals surface area contributed by atoms with Gasteiger partial charge in [0.25, 0.3) is 0 Å². The Labute approximate surface area is 259 Å². The molecule has 6 amide bonds. The number of hydrogen-bond donors (Lipinski definition) is 5. The van der Waals surface area contributed by atoms with E-state index >= 15 is 0 Å². The van der Waals surface area contributed by atoms with Gasteiger partial charge in [0, 0.05) is 46.4 Å². The van der Waals surface area contributed by atoms with Gasteiger partial charge in [0.05, 0.1) is 36.4 Å². The van der Waals surface area contributed by atoms with Gasteiger partial charge in [-0.25, -0.2) is 32.9 Å². The lowest BCUT2D eigenvalue weighted by Crippen LogP contribution is -2.56. The molecular formula is C30H37F2N7O6. The number of hydrogen-bond acceptors (Lipinski definition) is 8. The molecular weight excluding hydrogens is 592 g/mol. The molecule has 2 aliphatic heterocycles. The summed E-state index contributed by atoms with van der Waals surface area (Å²) in [6.07, 6.45) is 1.62. The van der Waals surface area contributed by atoms with Crippen molar-refractivity contribution in [2.24, 2.45) is 0 Å². The highest BCUT2D eigenvalue weighted by atomic mass is 19.2. The van der Waals surface area contributed by atoms with Crippen molar-refractivity contribution < 1.29 is 37.4 Å². The van der Waals surface area contributed by atoms with E-state index in [1.165, 1.54) is 13.2 Å². The van der Waals surface area contributed by atoms with Crippen molar-refractivity contribution >= 4 is 35.4 Å². The number of anilines is 2. The molecule has 0 saturated carbocycles. The number of nitrogens with zero attached hydrogens (tertiary/aromatic N) is 2. The summed E-state index contributed by atoms with van der Waals surface area (Å²) in [5.41, 5.74) is 1.51. The maximum atomic E-state index is 14.3. The molecule has 242 valence electrons. The van der Waals surface area contributed by atoms with Crippen LogP contribution < -0.4 is 31.5 Å². The number of carbonyl (C=O) groups excluding carboxylic acids is 4. The van der Waals surface area contributed by atoms with Crippen molar-refractivity contribution in [3.8, 4) is 0 Å². The second kappa shape index (κ2) is 15.3. The number of halogens is 2. The van der Waals surface area contributed by atoms with Crippen LogP contribution in [0.5, 0.6) is 0 Å². The average Bonchev–Trinajstić information content (AvgIpc) is 3.04. The van der Waals surface area contributed by atoms with E-state index in [-0.39, 0.29) is 42.1 Å². The Balaban J connectivity index is 1.39. The smallest absolute Gasteiger partial charge is 0.338 e. The minimum atomic E-state index is -1.41. The zero-order valence-electron chi connectivity index (χ0n) is 25.2. The molecule has 0 aromatic heterocycles. The van der Waals surface area contributed by atoms with E-state index in [0.717, 1.165) is 55.8 Å². The summed E-state index contributed by atoms with van der Waals surface area (Å²) in [6.45, 7) is 1.80. The number of urea groups is 3. The number of esters is 1. The maximum absolute atomic E-state index is 14.3. The van der Waals surface area contributed by atoms with Gasteiger partial charge in [-0.1, -0.05) is 18.2 Å². The van der Waals surface area contributed by atoms with Crippen LogP contribution in [0.4, 0.5) is 34.5 Å². The van der Waals surface area contributed by atoms with Gasteiger partial charge in [-0.15, -0.1) is 0 Å². The first-order valence-electron chi connectivity index (χ1n) is 14.4. The summed E-state index contributed by atoms with van der Waals surface area (Å²) in [6, 6.07) is 7.17. The topological polar surface area (TPSA) is 153 Å². The van der Waals surface area contributed by atoms with Crippen LogP contribution in [0.1, 0.15) is 24.4 Å². The van der Waals surface area contributed by atoms with E-state index < -0.39 is 35.7 Å². The van der Waals surface area contributed by atoms with Crippen LogP contribution in [0, 0.1) is 11.6 Å². The highest BCUT2D eigenvalue weighted by molar-refractivity contribution is 6.01. The molecule has 0 bridgehead atoms. The number of ether oxygens (including phenoxy) is 2. The van der Waals surface area contributed by atoms with Crippen LogP contribution in [0.15, 0.2) is 53.7 Å². The summed E-state index contributed by atoms with van der Waals surface area (Å²) in [4.78, 5) is 54.1. The molecule has 2 aromatic rings. The van der Waals surface area contributed by atoms with Crippen molar-refractivity contribution in [2.45, 2.75) is 24.9 Å². The van der Waals surface area contributed by atoms with Gasteiger partial charge in [0.2, 0.25) is 0 Å². The molecule has 1 saturated heterocycles. The second-order valence-corrected chi connectivity index (χ2v) is 10.4. The predicted molar refractivity (Wildman–Crippen MR) is 162 cm³/mol. The molecule has 5 N–H and O–H groups in total. The van der Waals surface area contributed by atoms with Gasteiger partial charge in [-0.3, -0.25) is 0 Å². The molecule has 1 fully saturated rings. The highest BCUT2D eigenvalue weighted by Crippen LogP contribution is 2.35. The van der Waals surface area contributed by atoms with Crippen LogP contribution in [-0.4, -0.2) is 89.1 Å². The van der Waals surface area contributed by atoms with Gasteiger partial charge in [-0.2, -0.15) is 0 Å². The fourth-order valence-corrected chi connectivity index (χ4v) is 5.37. The maximum Gasteiger partial charge on any atom is 0.338 e. The number of benzene rings is 2. The van der Waals surface area contributed by atoms with Crippen LogP contribution in [0.3, 0.4) is 0 Å². The molecule has 13 nitrogen and oxygen atoms in total. The van der Waals surface area contributed by atoms with E-state index in [1.807, 2.05) is 24.3 Å². The Hall–Kier alpha value is -4.76. The van der Waals surface area contributed by atoms with Crippen LogP contribution in [-0.2, 0) is 14.3 Å². The highest BCUT2D eigenvalue weighted by Gasteiger charge is 2.43. The average molecular weight is 630 g/mol.